The number of aryl methyl sites for hydroxylation is 2. The van der Waals surface area contributed by atoms with Gasteiger partial charge in [0, 0.05) is 12.1 Å². The maximum Gasteiger partial charge on any atom is 0.240 e. The predicted molar refractivity (Wildman–Crippen MR) is 123 cm³/mol. The molecule has 0 aliphatic carbocycles. The van der Waals surface area contributed by atoms with Gasteiger partial charge in [-0.05, 0) is 42.7 Å². The van der Waals surface area contributed by atoms with Crippen LogP contribution in [-0.4, -0.2) is 32.6 Å². The third-order valence-electron chi connectivity index (χ3n) is 5.28. The number of hydrogen-bond donors (Lipinski definition) is 2. The molecule has 1 amide bonds. The van der Waals surface area contributed by atoms with Crippen molar-refractivity contribution in [2.24, 2.45) is 0 Å². The number of anilines is 1. The molecule has 1 aromatic heterocycles. The number of amides is 1. The monoisotopic (exact) mass is 437 g/mol. The van der Waals surface area contributed by atoms with Crippen LogP contribution in [0.25, 0.3) is 0 Å². The molecule has 1 aliphatic rings. The van der Waals surface area contributed by atoms with Gasteiger partial charge < -0.3 is 15.5 Å². The van der Waals surface area contributed by atoms with Crippen LogP contribution >= 0.6 is 11.8 Å². The van der Waals surface area contributed by atoms with Crippen LogP contribution in [0.15, 0.2) is 53.7 Å². The smallest absolute Gasteiger partial charge is 0.240 e. The van der Waals surface area contributed by atoms with E-state index in [9.17, 15) is 4.79 Å². The molecule has 2 N–H and O–H groups in total. The first-order chi connectivity index (χ1) is 15.1. The number of thioether (sulfide) groups is 1. The molecule has 162 valence electrons. The SMILES string of the molecule is CCOc1ccc([C@H]2Nn3c(CC)nnc3S[C@H]2C(=O)Nc2ccccc2CC)cc1. The Bertz CT molecular complexity index is 1050. The van der Waals surface area contributed by atoms with Crippen LogP contribution in [-0.2, 0) is 17.6 Å². The number of carbonyl (C=O) groups excluding carboxylic acids is 1. The summed E-state index contributed by atoms with van der Waals surface area (Å²) in [6.45, 7) is 6.69. The van der Waals surface area contributed by atoms with E-state index < -0.39 is 5.25 Å². The van der Waals surface area contributed by atoms with E-state index in [4.69, 9.17) is 4.74 Å². The highest BCUT2D eigenvalue weighted by molar-refractivity contribution is 8.00. The van der Waals surface area contributed by atoms with E-state index in [0.717, 1.165) is 41.2 Å². The van der Waals surface area contributed by atoms with Gasteiger partial charge in [-0.25, -0.2) is 4.68 Å². The van der Waals surface area contributed by atoms with Crippen molar-refractivity contribution in [2.75, 3.05) is 17.3 Å². The summed E-state index contributed by atoms with van der Waals surface area (Å²) in [6.07, 6.45) is 1.60. The van der Waals surface area contributed by atoms with E-state index in [1.807, 2.05) is 67.1 Å². The second-order valence-corrected chi connectivity index (χ2v) is 8.34. The van der Waals surface area contributed by atoms with Crippen molar-refractivity contribution in [3.8, 4) is 5.75 Å². The largest absolute Gasteiger partial charge is 0.494 e. The molecule has 0 unspecified atom stereocenters. The fourth-order valence-corrected chi connectivity index (χ4v) is 4.77. The maximum atomic E-state index is 13.4. The van der Waals surface area contributed by atoms with Gasteiger partial charge >= 0.3 is 0 Å². The second kappa shape index (κ2) is 9.43. The summed E-state index contributed by atoms with van der Waals surface area (Å²) >= 11 is 1.43. The molecule has 0 bridgehead atoms. The number of aromatic nitrogens is 3. The van der Waals surface area contributed by atoms with Gasteiger partial charge in [-0.3, -0.25) is 4.79 Å². The molecule has 0 saturated heterocycles. The Morgan fingerprint density at radius 3 is 2.58 bits per heavy atom. The highest BCUT2D eigenvalue weighted by Crippen LogP contribution is 2.38. The summed E-state index contributed by atoms with van der Waals surface area (Å²) in [5, 5.41) is 12.0. The van der Waals surface area contributed by atoms with E-state index >= 15 is 0 Å². The van der Waals surface area contributed by atoms with Crippen molar-refractivity contribution < 1.29 is 9.53 Å². The lowest BCUT2D eigenvalue weighted by Gasteiger charge is -2.33. The van der Waals surface area contributed by atoms with Crippen molar-refractivity contribution >= 4 is 23.4 Å². The van der Waals surface area contributed by atoms with Crippen LogP contribution < -0.4 is 15.5 Å². The molecule has 2 atom stereocenters. The highest BCUT2D eigenvalue weighted by Gasteiger charge is 2.37. The number of para-hydroxylation sites is 1. The number of fused-ring (bicyclic) bond motifs is 1. The Kier molecular flexibility index (Phi) is 6.46. The van der Waals surface area contributed by atoms with Crippen LogP contribution in [0.2, 0.25) is 0 Å². The molecule has 3 aromatic rings. The molecule has 7 nitrogen and oxygen atoms in total. The first-order valence-electron chi connectivity index (χ1n) is 10.6. The third-order valence-corrected chi connectivity index (χ3v) is 6.50. The zero-order valence-electron chi connectivity index (χ0n) is 18.0. The minimum Gasteiger partial charge on any atom is -0.494 e. The molecule has 1 aliphatic heterocycles. The number of rotatable bonds is 7. The Balaban J connectivity index is 1.66. The van der Waals surface area contributed by atoms with Gasteiger partial charge in [-0.2, -0.15) is 0 Å². The summed E-state index contributed by atoms with van der Waals surface area (Å²) in [6, 6.07) is 15.6. The molecule has 0 spiro atoms. The van der Waals surface area contributed by atoms with E-state index in [1.165, 1.54) is 11.8 Å². The average Bonchev–Trinajstić information content (AvgIpc) is 3.21. The van der Waals surface area contributed by atoms with Gasteiger partial charge in [0.05, 0.1) is 12.6 Å². The lowest BCUT2D eigenvalue weighted by molar-refractivity contribution is -0.116. The second-order valence-electron chi connectivity index (χ2n) is 7.23. The topological polar surface area (TPSA) is 81.1 Å². The lowest BCUT2D eigenvalue weighted by Crippen LogP contribution is -2.41. The molecule has 8 heteroatoms. The average molecular weight is 438 g/mol. The van der Waals surface area contributed by atoms with E-state index in [-0.39, 0.29) is 11.9 Å². The van der Waals surface area contributed by atoms with Gasteiger partial charge in [-0.1, -0.05) is 55.9 Å². The summed E-state index contributed by atoms with van der Waals surface area (Å²) in [5.74, 6) is 1.59. The first-order valence-corrected chi connectivity index (χ1v) is 11.5. The van der Waals surface area contributed by atoms with Crippen molar-refractivity contribution in [1.29, 1.82) is 0 Å². The Hall–Kier alpha value is -3.00. The van der Waals surface area contributed by atoms with E-state index in [1.54, 1.807) is 0 Å². The molecule has 31 heavy (non-hydrogen) atoms. The molecule has 2 heterocycles. The molecular formula is C23H27N5O2S. The minimum absolute atomic E-state index is 0.0652. The summed E-state index contributed by atoms with van der Waals surface area (Å²) in [7, 11) is 0. The Morgan fingerprint density at radius 2 is 1.87 bits per heavy atom. The van der Waals surface area contributed by atoms with Crippen molar-refractivity contribution in [3.63, 3.8) is 0 Å². The fourth-order valence-electron chi connectivity index (χ4n) is 3.67. The predicted octanol–water partition coefficient (Wildman–Crippen LogP) is 4.20. The zero-order chi connectivity index (χ0) is 21.8. The number of ether oxygens (including phenoxy) is 1. The normalized spacial score (nSPS) is 17.5. The Labute approximate surface area is 186 Å². The molecular weight excluding hydrogens is 410 g/mol. The van der Waals surface area contributed by atoms with Gasteiger partial charge in [0.25, 0.3) is 0 Å². The van der Waals surface area contributed by atoms with E-state index in [2.05, 4.69) is 27.9 Å². The minimum atomic E-state index is -0.413. The fraction of sp³-hybridized carbons (Fsp3) is 0.348. The molecule has 0 saturated carbocycles. The standard InChI is InChI=1S/C23H27N5O2S/c1-4-15-9-7-8-10-18(15)24-22(29)21-20(16-11-13-17(14-12-16)30-6-3)27-28-19(5-2)25-26-23(28)31-21/h7-14,20-21,27H,4-6H2,1-3H3,(H,24,29)/t20-,21-/m1/s1. The molecule has 2 aromatic carbocycles. The number of hydrogen-bond acceptors (Lipinski definition) is 6. The third kappa shape index (κ3) is 4.39. The Morgan fingerprint density at radius 1 is 1.10 bits per heavy atom. The van der Waals surface area contributed by atoms with Crippen LogP contribution in [0.4, 0.5) is 5.69 Å². The van der Waals surface area contributed by atoms with Gasteiger partial charge in [-0.15, -0.1) is 10.2 Å². The van der Waals surface area contributed by atoms with Crippen LogP contribution in [0, 0.1) is 0 Å². The zero-order valence-corrected chi connectivity index (χ0v) is 18.8. The maximum absolute atomic E-state index is 13.4. The number of carbonyl (C=O) groups is 1. The first kappa shape index (κ1) is 21.2. The highest BCUT2D eigenvalue weighted by atomic mass is 32.2. The van der Waals surface area contributed by atoms with Gasteiger partial charge in [0.1, 0.15) is 11.0 Å². The lowest BCUT2D eigenvalue weighted by atomic mass is 10.0. The molecule has 0 fully saturated rings. The van der Waals surface area contributed by atoms with Gasteiger partial charge in [0.15, 0.2) is 5.82 Å². The summed E-state index contributed by atoms with van der Waals surface area (Å²) in [4.78, 5) is 13.4. The van der Waals surface area contributed by atoms with Crippen LogP contribution in [0.3, 0.4) is 0 Å². The number of nitrogens with zero attached hydrogens (tertiary/aromatic N) is 3. The van der Waals surface area contributed by atoms with Crippen LogP contribution in [0.5, 0.6) is 5.75 Å². The van der Waals surface area contributed by atoms with Crippen molar-refractivity contribution in [1.82, 2.24) is 14.9 Å². The number of nitrogens with one attached hydrogen (secondary N) is 2. The van der Waals surface area contributed by atoms with E-state index in [0.29, 0.717) is 11.8 Å². The summed E-state index contributed by atoms with van der Waals surface area (Å²) < 4.78 is 7.48. The van der Waals surface area contributed by atoms with Crippen molar-refractivity contribution in [2.45, 2.75) is 50.1 Å². The summed E-state index contributed by atoms with van der Waals surface area (Å²) in [5.41, 5.74) is 6.44. The quantitative estimate of drug-likeness (QED) is 0.577. The number of benzene rings is 2. The molecule has 0 radical (unpaired) electrons. The van der Waals surface area contributed by atoms with Crippen LogP contribution in [0.1, 0.15) is 43.8 Å². The molecule has 4 rings (SSSR count). The van der Waals surface area contributed by atoms with Crippen molar-refractivity contribution in [3.05, 3.63) is 65.5 Å². The van der Waals surface area contributed by atoms with Gasteiger partial charge in [0.2, 0.25) is 11.1 Å².